The summed E-state index contributed by atoms with van der Waals surface area (Å²) in [5, 5.41) is 10.3. The minimum absolute atomic E-state index is 0.0669. The van der Waals surface area contributed by atoms with Gasteiger partial charge in [-0.1, -0.05) is 0 Å². The monoisotopic (exact) mass is 228 g/mol. The predicted molar refractivity (Wildman–Crippen MR) is 59.6 cm³/mol. The van der Waals surface area contributed by atoms with Crippen molar-refractivity contribution in [2.24, 2.45) is 5.84 Å². The lowest BCUT2D eigenvalue weighted by Crippen LogP contribution is -2.47. The number of hydrazine groups is 1. The standard InChI is InChI=1S/C9H16N4OS/c1-7(2)13(11)4-9(14)12-6-15-5-8(12)3-10/h7-8H,4-6,11H2,1-2H3. The van der Waals surface area contributed by atoms with Crippen LogP contribution in [0, 0.1) is 11.3 Å². The SMILES string of the molecule is CC(C)N(N)CC(=O)N1CSCC1C#N. The van der Waals surface area contributed by atoms with Crippen molar-refractivity contribution in [2.45, 2.75) is 25.9 Å². The molecule has 0 aliphatic carbocycles. The molecular weight excluding hydrogens is 212 g/mol. The maximum atomic E-state index is 11.8. The van der Waals surface area contributed by atoms with Crippen LogP contribution in [-0.2, 0) is 4.79 Å². The Kier molecular flexibility index (Phi) is 4.39. The summed E-state index contributed by atoms with van der Waals surface area (Å²) in [6.07, 6.45) is 0. The number of rotatable bonds is 3. The van der Waals surface area contributed by atoms with E-state index in [1.165, 1.54) is 5.01 Å². The fourth-order valence-electron chi connectivity index (χ4n) is 1.22. The van der Waals surface area contributed by atoms with E-state index in [2.05, 4.69) is 6.07 Å². The zero-order valence-corrected chi connectivity index (χ0v) is 9.83. The zero-order valence-electron chi connectivity index (χ0n) is 9.01. The highest BCUT2D eigenvalue weighted by Crippen LogP contribution is 2.20. The van der Waals surface area contributed by atoms with E-state index in [9.17, 15) is 4.79 Å². The molecule has 6 heteroatoms. The predicted octanol–water partition coefficient (Wildman–Crippen LogP) is -0.00442. The number of nitrogens with two attached hydrogens (primary N) is 1. The van der Waals surface area contributed by atoms with Gasteiger partial charge in [0.1, 0.15) is 6.04 Å². The molecule has 5 nitrogen and oxygen atoms in total. The highest BCUT2D eigenvalue weighted by Gasteiger charge is 2.29. The Bertz CT molecular complexity index is 276. The molecule has 84 valence electrons. The number of hydrogen-bond acceptors (Lipinski definition) is 5. The molecule has 1 saturated heterocycles. The van der Waals surface area contributed by atoms with Gasteiger partial charge in [0.2, 0.25) is 5.91 Å². The minimum Gasteiger partial charge on any atom is -0.315 e. The van der Waals surface area contributed by atoms with E-state index in [1.54, 1.807) is 16.7 Å². The lowest BCUT2D eigenvalue weighted by molar-refractivity contribution is -0.132. The van der Waals surface area contributed by atoms with Gasteiger partial charge in [0, 0.05) is 11.8 Å². The topological polar surface area (TPSA) is 73.4 Å². The van der Waals surface area contributed by atoms with Crippen molar-refractivity contribution >= 4 is 17.7 Å². The first-order valence-corrected chi connectivity index (χ1v) is 6.00. The van der Waals surface area contributed by atoms with Gasteiger partial charge < -0.3 is 4.90 Å². The molecule has 1 unspecified atom stereocenters. The van der Waals surface area contributed by atoms with E-state index in [0.717, 1.165) is 0 Å². The van der Waals surface area contributed by atoms with Crippen molar-refractivity contribution in [2.75, 3.05) is 18.2 Å². The number of nitrogens with zero attached hydrogens (tertiary/aromatic N) is 3. The summed E-state index contributed by atoms with van der Waals surface area (Å²) in [6.45, 7) is 4.03. The zero-order chi connectivity index (χ0) is 11.4. The number of carbonyl (C=O) groups is 1. The second kappa shape index (κ2) is 5.35. The van der Waals surface area contributed by atoms with Gasteiger partial charge in [-0.25, -0.2) is 5.01 Å². The van der Waals surface area contributed by atoms with Crippen molar-refractivity contribution in [1.29, 1.82) is 5.26 Å². The van der Waals surface area contributed by atoms with Gasteiger partial charge in [0.05, 0.1) is 18.5 Å². The summed E-state index contributed by atoms with van der Waals surface area (Å²) < 4.78 is 0. The molecule has 2 N–H and O–H groups in total. The molecular formula is C9H16N4OS. The third-order valence-electron chi connectivity index (χ3n) is 2.33. The first-order valence-electron chi connectivity index (χ1n) is 4.84. The molecule has 1 fully saturated rings. The second-order valence-corrected chi connectivity index (χ2v) is 4.77. The first-order chi connectivity index (χ1) is 7.06. The van der Waals surface area contributed by atoms with Crippen LogP contribution in [0.2, 0.25) is 0 Å². The van der Waals surface area contributed by atoms with Gasteiger partial charge in [-0.3, -0.25) is 10.6 Å². The van der Waals surface area contributed by atoms with Crippen LogP contribution >= 0.6 is 11.8 Å². The summed E-state index contributed by atoms with van der Waals surface area (Å²) in [4.78, 5) is 13.4. The Hall–Kier alpha value is -0.770. The van der Waals surface area contributed by atoms with Crippen LogP contribution < -0.4 is 5.84 Å². The van der Waals surface area contributed by atoms with E-state index < -0.39 is 0 Å². The Morgan fingerprint density at radius 3 is 3.00 bits per heavy atom. The largest absolute Gasteiger partial charge is 0.315 e. The lowest BCUT2D eigenvalue weighted by Gasteiger charge is -2.24. The van der Waals surface area contributed by atoms with Crippen molar-refractivity contribution in [3.8, 4) is 6.07 Å². The first kappa shape index (κ1) is 12.3. The van der Waals surface area contributed by atoms with Gasteiger partial charge in [-0.2, -0.15) is 5.26 Å². The van der Waals surface area contributed by atoms with E-state index in [-0.39, 0.29) is 24.5 Å². The summed E-state index contributed by atoms with van der Waals surface area (Å²) in [6, 6.07) is 1.96. The molecule has 0 saturated carbocycles. The van der Waals surface area contributed by atoms with Crippen LogP contribution in [0.5, 0.6) is 0 Å². The average Bonchev–Trinajstić information content (AvgIpc) is 2.64. The third kappa shape index (κ3) is 3.09. The summed E-state index contributed by atoms with van der Waals surface area (Å²) in [5.41, 5.74) is 0. The van der Waals surface area contributed by atoms with Crippen molar-refractivity contribution < 1.29 is 4.79 Å². The van der Waals surface area contributed by atoms with E-state index in [0.29, 0.717) is 11.6 Å². The van der Waals surface area contributed by atoms with E-state index >= 15 is 0 Å². The Balaban J connectivity index is 2.50. The minimum atomic E-state index is -0.289. The molecule has 0 spiro atoms. The molecule has 0 radical (unpaired) electrons. The highest BCUT2D eigenvalue weighted by molar-refractivity contribution is 7.99. The average molecular weight is 228 g/mol. The third-order valence-corrected chi connectivity index (χ3v) is 3.34. The number of thioether (sulfide) groups is 1. The van der Waals surface area contributed by atoms with Crippen LogP contribution in [-0.4, -0.2) is 46.1 Å². The van der Waals surface area contributed by atoms with Gasteiger partial charge in [-0.15, -0.1) is 11.8 Å². The molecule has 1 rings (SSSR count). The normalized spacial score (nSPS) is 21.1. The number of hydrogen-bond donors (Lipinski definition) is 1. The molecule has 1 atom stereocenters. The molecule has 0 bridgehead atoms. The lowest BCUT2D eigenvalue weighted by atomic mass is 10.3. The molecule has 1 aliphatic heterocycles. The van der Waals surface area contributed by atoms with Crippen LogP contribution in [0.25, 0.3) is 0 Å². The molecule has 1 heterocycles. The Morgan fingerprint density at radius 1 is 1.80 bits per heavy atom. The summed E-state index contributed by atoms with van der Waals surface area (Å²) >= 11 is 1.60. The Morgan fingerprint density at radius 2 is 2.47 bits per heavy atom. The fraction of sp³-hybridized carbons (Fsp3) is 0.778. The van der Waals surface area contributed by atoms with E-state index in [1.807, 2.05) is 13.8 Å². The molecule has 1 amide bonds. The number of carbonyl (C=O) groups excluding carboxylic acids is 1. The van der Waals surface area contributed by atoms with Gasteiger partial charge in [0.25, 0.3) is 0 Å². The maximum Gasteiger partial charge on any atom is 0.239 e. The fourth-order valence-corrected chi connectivity index (χ4v) is 2.33. The van der Waals surface area contributed by atoms with Crippen LogP contribution in [0.3, 0.4) is 0 Å². The van der Waals surface area contributed by atoms with Crippen LogP contribution in [0.15, 0.2) is 0 Å². The quantitative estimate of drug-likeness (QED) is 0.543. The van der Waals surface area contributed by atoms with Gasteiger partial charge in [0.15, 0.2) is 0 Å². The molecule has 15 heavy (non-hydrogen) atoms. The van der Waals surface area contributed by atoms with E-state index in [4.69, 9.17) is 11.1 Å². The highest BCUT2D eigenvalue weighted by atomic mass is 32.2. The second-order valence-electron chi connectivity index (χ2n) is 3.77. The molecule has 1 aliphatic rings. The van der Waals surface area contributed by atoms with Gasteiger partial charge >= 0.3 is 0 Å². The van der Waals surface area contributed by atoms with Crippen molar-refractivity contribution in [3.05, 3.63) is 0 Å². The maximum absolute atomic E-state index is 11.8. The van der Waals surface area contributed by atoms with Crippen LogP contribution in [0.4, 0.5) is 0 Å². The molecule has 0 aromatic heterocycles. The number of nitriles is 1. The summed E-state index contributed by atoms with van der Waals surface area (Å²) in [7, 11) is 0. The Labute approximate surface area is 94.2 Å². The van der Waals surface area contributed by atoms with Crippen LogP contribution in [0.1, 0.15) is 13.8 Å². The summed E-state index contributed by atoms with van der Waals surface area (Å²) in [5.74, 6) is 6.90. The number of amides is 1. The molecule has 0 aromatic carbocycles. The van der Waals surface area contributed by atoms with Crippen molar-refractivity contribution in [1.82, 2.24) is 9.91 Å². The van der Waals surface area contributed by atoms with Crippen molar-refractivity contribution in [3.63, 3.8) is 0 Å². The smallest absolute Gasteiger partial charge is 0.239 e. The molecule has 0 aromatic rings. The van der Waals surface area contributed by atoms with Gasteiger partial charge in [-0.05, 0) is 13.8 Å².